The molecule has 3 N–H and O–H groups in total. The SMILES string of the molecule is Cc1ccc2ncc(C(=O)NC(C)c3cc(=O)[nH][nH]3)c(=O)n2c1. The van der Waals surface area contributed by atoms with Crippen molar-refractivity contribution < 1.29 is 4.79 Å². The number of carbonyl (C=O) groups is 1. The molecule has 0 saturated carbocycles. The molecule has 3 rings (SSSR count). The number of amides is 1. The maximum atomic E-state index is 12.4. The van der Waals surface area contributed by atoms with E-state index in [4.69, 9.17) is 0 Å². The highest BCUT2D eigenvalue weighted by molar-refractivity contribution is 5.93. The zero-order valence-corrected chi connectivity index (χ0v) is 12.6. The molecule has 0 aromatic carbocycles. The van der Waals surface area contributed by atoms with Gasteiger partial charge in [0, 0.05) is 18.5 Å². The minimum Gasteiger partial charge on any atom is -0.344 e. The van der Waals surface area contributed by atoms with Crippen LogP contribution in [-0.4, -0.2) is 25.5 Å². The molecule has 0 bridgehead atoms. The van der Waals surface area contributed by atoms with Crippen molar-refractivity contribution in [3.8, 4) is 0 Å². The summed E-state index contributed by atoms with van der Waals surface area (Å²) in [5.74, 6) is -0.548. The molecule has 0 spiro atoms. The Hall–Kier alpha value is -3.16. The Morgan fingerprint density at radius 1 is 1.30 bits per heavy atom. The van der Waals surface area contributed by atoms with Crippen molar-refractivity contribution in [2.45, 2.75) is 19.9 Å². The number of nitrogens with one attached hydrogen (secondary N) is 3. The van der Waals surface area contributed by atoms with Gasteiger partial charge in [-0.3, -0.25) is 23.9 Å². The van der Waals surface area contributed by atoms with Gasteiger partial charge >= 0.3 is 0 Å². The van der Waals surface area contributed by atoms with Crippen LogP contribution in [0.5, 0.6) is 0 Å². The topological polar surface area (TPSA) is 112 Å². The number of aryl methyl sites for hydroxylation is 1. The Labute approximate surface area is 130 Å². The number of pyridine rings is 1. The van der Waals surface area contributed by atoms with E-state index < -0.39 is 17.5 Å². The van der Waals surface area contributed by atoms with Gasteiger partial charge in [0.25, 0.3) is 17.0 Å². The van der Waals surface area contributed by atoms with Gasteiger partial charge in [0.1, 0.15) is 11.2 Å². The quantitative estimate of drug-likeness (QED) is 0.654. The summed E-state index contributed by atoms with van der Waals surface area (Å²) in [6.45, 7) is 3.55. The molecule has 8 nitrogen and oxygen atoms in total. The van der Waals surface area contributed by atoms with Crippen LogP contribution in [0, 0.1) is 6.92 Å². The van der Waals surface area contributed by atoms with Gasteiger partial charge in [-0.1, -0.05) is 6.07 Å². The minimum absolute atomic E-state index is 0.0576. The molecule has 3 heterocycles. The Balaban J connectivity index is 1.93. The first-order chi connectivity index (χ1) is 11.0. The van der Waals surface area contributed by atoms with Gasteiger partial charge in [-0.05, 0) is 25.5 Å². The van der Waals surface area contributed by atoms with Crippen LogP contribution in [0.15, 0.2) is 40.2 Å². The van der Waals surface area contributed by atoms with E-state index in [1.165, 1.54) is 16.7 Å². The van der Waals surface area contributed by atoms with E-state index in [1.807, 2.05) is 13.0 Å². The summed E-state index contributed by atoms with van der Waals surface area (Å²) in [7, 11) is 0. The molecule has 1 unspecified atom stereocenters. The number of fused-ring (bicyclic) bond motifs is 1. The first-order valence-electron chi connectivity index (χ1n) is 7.02. The molecule has 118 valence electrons. The first kappa shape index (κ1) is 14.8. The zero-order chi connectivity index (χ0) is 16.6. The molecule has 8 heteroatoms. The molecule has 3 aromatic rings. The van der Waals surface area contributed by atoms with E-state index in [-0.39, 0.29) is 11.1 Å². The smallest absolute Gasteiger partial charge is 0.270 e. The van der Waals surface area contributed by atoms with Crippen molar-refractivity contribution in [1.82, 2.24) is 24.9 Å². The Morgan fingerprint density at radius 3 is 2.78 bits per heavy atom. The lowest BCUT2D eigenvalue weighted by atomic mass is 10.2. The van der Waals surface area contributed by atoms with Crippen LogP contribution in [0.3, 0.4) is 0 Å². The predicted octanol–water partition coefficient (Wildman–Crippen LogP) is 0.510. The summed E-state index contributed by atoms with van der Waals surface area (Å²) in [5.41, 5.74) is 1.10. The lowest BCUT2D eigenvalue weighted by Gasteiger charge is -2.12. The first-order valence-corrected chi connectivity index (χ1v) is 7.02. The summed E-state index contributed by atoms with van der Waals surface area (Å²) in [5, 5.41) is 7.72. The van der Waals surface area contributed by atoms with Crippen LogP contribution in [-0.2, 0) is 0 Å². The van der Waals surface area contributed by atoms with Crippen LogP contribution in [0.4, 0.5) is 0 Å². The third-order valence-corrected chi connectivity index (χ3v) is 3.53. The fraction of sp³-hybridized carbons (Fsp3) is 0.200. The maximum Gasteiger partial charge on any atom is 0.270 e. The van der Waals surface area contributed by atoms with Crippen molar-refractivity contribution in [1.29, 1.82) is 0 Å². The monoisotopic (exact) mass is 313 g/mol. The highest BCUT2D eigenvalue weighted by atomic mass is 16.2. The number of carbonyl (C=O) groups excluding carboxylic acids is 1. The van der Waals surface area contributed by atoms with Gasteiger partial charge in [-0.25, -0.2) is 4.98 Å². The largest absolute Gasteiger partial charge is 0.344 e. The second kappa shape index (κ2) is 5.56. The van der Waals surface area contributed by atoms with Crippen LogP contribution >= 0.6 is 0 Å². The van der Waals surface area contributed by atoms with Crippen LogP contribution < -0.4 is 16.4 Å². The van der Waals surface area contributed by atoms with Gasteiger partial charge in [0.2, 0.25) is 0 Å². The van der Waals surface area contributed by atoms with Crippen LogP contribution in [0.25, 0.3) is 5.65 Å². The predicted molar refractivity (Wildman–Crippen MR) is 83.5 cm³/mol. The van der Waals surface area contributed by atoms with Crippen molar-refractivity contribution in [3.63, 3.8) is 0 Å². The van der Waals surface area contributed by atoms with E-state index >= 15 is 0 Å². The molecule has 23 heavy (non-hydrogen) atoms. The molecule has 0 radical (unpaired) electrons. The van der Waals surface area contributed by atoms with Crippen LogP contribution in [0.2, 0.25) is 0 Å². The lowest BCUT2D eigenvalue weighted by Crippen LogP contribution is -2.33. The third kappa shape index (κ3) is 2.78. The molecule has 0 aliphatic heterocycles. The summed E-state index contributed by atoms with van der Waals surface area (Å²) in [6.07, 6.45) is 2.89. The number of nitrogens with zero attached hydrogens (tertiary/aromatic N) is 2. The molecular formula is C15H15N5O3. The average molecular weight is 313 g/mol. The van der Waals surface area contributed by atoms with Gasteiger partial charge in [-0.15, -0.1) is 0 Å². The second-order valence-corrected chi connectivity index (χ2v) is 5.32. The number of aromatic nitrogens is 4. The summed E-state index contributed by atoms with van der Waals surface area (Å²) in [4.78, 5) is 40.0. The molecule has 0 aliphatic carbocycles. The van der Waals surface area contributed by atoms with E-state index in [9.17, 15) is 14.4 Å². The van der Waals surface area contributed by atoms with E-state index in [2.05, 4.69) is 20.5 Å². The number of H-pyrrole nitrogens is 2. The van der Waals surface area contributed by atoms with Gasteiger partial charge < -0.3 is 10.4 Å². The molecule has 3 aromatic heterocycles. The van der Waals surface area contributed by atoms with Crippen molar-refractivity contribution >= 4 is 11.6 Å². The molecule has 0 fully saturated rings. The van der Waals surface area contributed by atoms with E-state index in [0.29, 0.717) is 11.3 Å². The fourth-order valence-electron chi connectivity index (χ4n) is 2.27. The zero-order valence-electron chi connectivity index (χ0n) is 12.6. The molecule has 1 amide bonds. The molecule has 0 saturated heterocycles. The van der Waals surface area contributed by atoms with Crippen LogP contribution in [0.1, 0.15) is 34.6 Å². The second-order valence-electron chi connectivity index (χ2n) is 5.32. The van der Waals surface area contributed by atoms with E-state index in [1.54, 1.807) is 19.2 Å². The average Bonchev–Trinajstić information content (AvgIpc) is 2.95. The third-order valence-electron chi connectivity index (χ3n) is 3.53. The van der Waals surface area contributed by atoms with Crippen molar-refractivity contribution in [3.05, 3.63) is 68.1 Å². The number of rotatable bonds is 3. The van der Waals surface area contributed by atoms with Gasteiger partial charge in [0.15, 0.2) is 0 Å². The number of hydrogen-bond donors (Lipinski definition) is 3. The van der Waals surface area contributed by atoms with Crippen molar-refractivity contribution in [2.75, 3.05) is 0 Å². The summed E-state index contributed by atoms with van der Waals surface area (Å²) >= 11 is 0. The Morgan fingerprint density at radius 2 is 2.09 bits per heavy atom. The summed E-state index contributed by atoms with van der Waals surface area (Å²) < 4.78 is 1.34. The Kier molecular flexibility index (Phi) is 3.57. The number of hydrogen-bond acceptors (Lipinski definition) is 4. The number of aromatic amines is 2. The standard InChI is InChI=1S/C15H15N5O3/c1-8-3-4-12-16-6-10(15(23)20(12)7-8)14(22)17-9(2)11-5-13(21)19-18-11/h3-7,9H,1-2H3,(H,17,22)(H2,18,19,21). The minimum atomic E-state index is -0.548. The van der Waals surface area contributed by atoms with Crippen molar-refractivity contribution in [2.24, 2.45) is 0 Å². The molecule has 0 aliphatic rings. The molecule has 1 atom stereocenters. The molecular weight excluding hydrogens is 298 g/mol. The van der Waals surface area contributed by atoms with Gasteiger partial charge in [-0.2, -0.15) is 0 Å². The normalized spacial score (nSPS) is 12.3. The fourth-order valence-corrected chi connectivity index (χ4v) is 2.27. The lowest BCUT2D eigenvalue weighted by molar-refractivity contribution is 0.0937. The highest BCUT2D eigenvalue weighted by Gasteiger charge is 2.17. The van der Waals surface area contributed by atoms with E-state index in [0.717, 1.165) is 5.56 Å². The highest BCUT2D eigenvalue weighted by Crippen LogP contribution is 2.07. The van der Waals surface area contributed by atoms with Gasteiger partial charge in [0.05, 0.1) is 11.7 Å². The Bertz CT molecular complexity index is 998. The maximum absolute atomic E-state index is 12.4. The summed E-state index contributed by atoms with van der Waals surface area (Å²) in [6, 6.07) is 4.44.